The first-order valence-electron chi connectivity index (χ1n) is 29.0. The molecule has 0 spiro atoms. The van der Waals surface area contributed by atoms with Crippen LogP contribution >= 0.6 is 15.9 Å². The van der Waals surface area contributed by atoms with Crippen LogP contribution in [0.4, 0.5) is 8.78 Å². The van der Waals surface area contributed by atoms with Crippen molar-refractivity contribution in [3.05, 3.63) is 124 Å². The molecule has 24 heteroatoms. The van der Waals surface area contributed by atoms with E-state index < -0.39 is 52.4 Å². The second kappa shape index (κ2) is 26.3. The third kappa shape index (κ3) is 16.6. The number of amides is 2. The van der Waals surface area contributed by atoms with Crippen molar-refractivity contribution >= 4 is 74.4 Å². The van der Waals surface area contributed by atoms with E-state index in [1.807, 2.05) is 96.9 Å². The highest BCUT2D eigenvalue weighted by molar-refractivity contribution is 9.10. The van der Waals surface area contributed by atoms with Gasteiger partial charge in [0.2, 0.25) is 31.9 Å². The van der Waals surface area contributed by atoms with Crippen molar-refractivity contribution in [1.29, 1.82) is 0 Å². The summed E-state index contributed by atoms with van der Waals surface area (Å²) >= 11 is 3.30. The first kappa shape index (κ1) is 67.4. The number of rotatable bonds is 14. The van der Waals surface area contributed by atoms with Gasteiger partial charge in [-0.15, -0.1) is 0 Å². The summed E-state index contributed by atoms with van der Waals surface area (Å²) in [6.45, 7) is 27.8. The van der Waals surface area contributed by atoms with Crippen molar-refractivity contribution in [3.8, 4) is 0 Å². The fraction of sp³-hybridized carbons (Fsp3) is 0.567. The van der Waals surface area contributed by atoms with Crippen LogP contribution < -0.4 is 25.5 Å². The molecule has 9 rings (SSSR count). The van der Waals surface area contributed by atoms with Gasteiger partial charge in [0.25, 0.3) is 0 Å². The molecule has 458 valence electrons. The van der Waals surface area contributed by atoms with Crippen LogP contribution in [0.5, 0.6) is 0 Å². The molecule has 84 heavy (non-hydrogen) atoms. The number of sulfonamides is 2. The second-order valence-electron chi connectivity index (χ2n) is 25.8. The third-order valence-electron chi connectivity index (χ3n) is 17.9. The van der Waals surface area contributed by atoms with Crippen molar-refractivity contribution in [2.45, 2.75) is 216 Å². The van der Waals surface area contributed by atoms with Gasteiger partial charge in [0, 0.05) is 28.4 Å². The van der Waals surface area contributed by atoms with Crippen LogP contribution in [0.2, 0.25) is 0 Å². The summed E-state index contributed by atoms with van der Waals surface area (Å²) in [6.07, 6.45) is 4.80. The summed E-state index contributed by atoms with van der Waals surface area (Å²) in [7, 11) is -8.79. The van der Waals surface area contributed by atoms with Crippen LogP contribution in [-0.4, -0.2) is 95.5 Å². The lowest BCUT2D eigenvalue weighted by Crippen LogP contribution is -2.41. The fourth-order valence-electron chi connectivity index (χ4n) is 10.3. The van der Waals surface area contributed by atoms with E-state index in [1.54, 1.807) is 72.8 Å². The van der Waals surface area contributed by atoms with E-state index in [1.165, 1.54) is 24.3 Å². The van der Waals surface area contributed by atoms with Crippen LogP contribution in [0.15, 0.2) is 111 Å². The average molecular weight is 1270 g/mol. The highest BCUT2D eigenvalue weighted by Crippen LogP contribution is 2.43. The number of nitrogens with one attached hydrogen (secondary N) is 4. The summed E-state index contributed by atoms with van der Waals surface area (Å²) < 4.78 is 120. The summed E-state index contributed by atoms with van der Waals surface area (Å²) in [6, 6.07) is 24.4. The quantitative estimate of drug-likeness (QED) is 0.0871. The first-order chi connectivity index (χ1) is 38.9. The third-order valence-corrected chi connectivity index (χ3v) is 21.5. The molecule has 5 fully saturated rings. The maximum Gasteiger partial charge on any atom is 0.494 e. The zero-order valence-corrected chi connectivity index (χ0v) is 54.2. The van der Waals surface area contributed by atoms with Gasteiger partial charge in [-0.1, -0.05) is 52.3 Å². The molecule has 0 radical (unpaired) electrons. The summed E-state index contributed by atoms with van der Waals surface area (Å²) in [4.78, 5) is 25.7. The minimum atomic E-state index is -3.70. The second-order valence-corrected chi connectivity index (χ2v) is 30.1. The molecule has 3 saturated heterocycles. The van der Waals surface area contributed by atoms with E-state index >= 15 is 0 Å². The molecular formula is C60H84B3BrF2N4O12S2. The van der Waals surface area contributed by atoms with E-state index in [9.17, 15) is 35.2 Å². The van der Waals surface area contributed by atoms with Gasteiger partial charge in [-0.25, -0.2) is 35.1 Å². The number of halogens is 3. The standard InChI is InChI=1S/C27H36BFN2O5S.C21H24BrFN2O3S.C12H24B2O4/c1-18(19-6-12-22(29)13-7-19)30-25(32)20-8-14-23(15-9-20)31-37(33,34)24-16-10-21(11-17-24)28-35-26(2,3)27(4,5)36-28;1-14(15-2-8-18(23)9-3-15)24-21(26)16-4-10-19(11-5-16)25-29(27,28)20-12-6-17(22)7-13-20;1-9(2)10(3,4)16-13(15-9)14-17-11(5,6)12(7,8)18-14/h6-7,10-13,16-18,20,23,31H,8-9,14-15H2,1-5H3,(H,30,32);2-3,6-9,12-14,16,19,25H,4-5,10-11H2,1H3,(H,24,26);1-8H3/t18-,20?,23?;14-,16?,19?;/m11./s1. The van der Waals surface area contributed by atoms with Crippen molar-refractivity contribution in [3.63, 3.8) is 0 Å². The smallest absolute Gasteiger partial charge is 0.405 e. The van der Waals surface area contributed by atoms with Gasteiger partial charge in [0.1, 0.15) is 11.6 Å². The highest BCUT2D eigenvalue weighted by atomic mass is 79.9. The molecule has 3 aliphatic heterocycles. The average Bonchev–Trinajstić information content (AvgIpc) is 2.79. The molecule has 4 aromatic rings. The summed E-state index contributed by atoms with van der Waals surface area (Å²) in [5.41, 5.74) is 0.0537. The predicted octanol–water partition coefficient (Wildman–Crippen LogP) is 10.4. The molecule has 2 aliphatic carbocycles. The lowest BCUT2D eigenvalue weighted by Gasteiger charge is -2.32. The minimum Gasteiger partial charge on any atom is -0.405 e. The Labute approximate surface area is 506 Å². The first-order valence-corrected chi connectivity index (χ1v) is 32.7. The van der Waals surface area contributed by atoms with Gasteiger partial charge in [-0.2, -0.15) is 0 Å². The van der Waals surface area contributed by atoms with Gasteiger partial charge >= 0.3 is 21.1 Å². The number of carbonyl (C=O) groups is 2. The normalized spacial score (nSPS) is 24.6. The van der Waals surface area contributed by atoms with Crippen LogP contribution in [0.3, 0.4) is 0 Å². The molecule has 2 saturated carbocycles. The molecule has 0 aromatic heterocycles. The van der Waals surface area contributed by atoms with Crippen molar-refractivity contribution in [2.24, 2.45) is 11.8 Å². The van der Waals surface area contributed by atoms with Crippen molar-refractivity contribution in [1.82, 2.24) is 20.1 Å². The molecule has 4 N–H and O–H groups in total. The molecule has 2 amide bonds. The Hall–Kier alpha value is -4.07. The van der Waals surface area contributed by atoms with Crippen molar-refractivity contribution < 1.29 is 63.1 Å². The van der Waals surface area contributed by atoms with E-state index in [0.717, 1.165) is 21.1 Å². The SMILES string of the molecule is CC1(C)OB(B2OC(C)(C)C(C)(C)O2)OC1(C)C.C[C@@H](NC(=O)C1CCC(NS(=O)(=O)c2ccc(B3OC(C)(C)C(C)(C)O3)cc2)CC1)c1ccc(F)cc1.C[C@@H](NC(=O)C1CCC(NS(=O)(=O)c2ccc(Br)cc2)CC1)c1ccc(F)cc1. The molecule has 16 nitrogen and oxygen atoms in total. The largest absolute Gasteiger partial charge is 0.494 e. The van der Waals surface area contributed by atoms with Crippen LogP contribution in [0.1, 0.15) is 172 Å². The van der Waals surface area contributed by atoms with Crippen LogP contribution in [0, 0.1) is 23.5 Å². The highest BCUT2D eigenvalue weighted by Gasteiger charge is 2.64. The Morgan fingerprint density at radius 1 is 0.464 bits per heavy atom. The lowest BCUT2D eigenvalue weighted by molar-refractivity contribution is -0.127. The van der Waals surface area contributed by atoms with Gasteiger partial charge in [0.15, 0.2) is 0 Å². The predicted molar refractivity (Wildman–Crippen MR) is 327 cm³/mol. The maximum absolute atomic E-state index is 13.2. The molecule has 4 aromatic carbocycles. The summed E-state index contributed by atoms with van der Waals surface area (Å²) in [5, 5.41) is 5.97. The Balaban J connectivity index is 0.000000192. The zero-order chi connectivity index (χ0) is 62.0. The Kier molecular flexibility index (Phi) is 21.1. The van der Waals surface area contributed by atoms with E-state index in [4.69, 9.17) is 27.9 Å². The monoisotopic (exact) mass is 1270 g/mol. The van der Waals surface area contributed by atoms with Gasteiger partial charge in [-0.3, -0.25) is 9.59 Å². The van der Waals surface area contributed by atoms with Crippen LogP contribution in [0.25, 0.3) is 0 Å². The summed E-state index contributed by atoms with van der Waals surface area (Å²) in [5.74, 6) is -1.05. The van der Waals surface area contributed by atoms with Gasteiger partial charge in [0.05, 0.1) is 55.5 Å². The van der Waals surface area contributed by atoms with E-state index in [-0.39, 0.29) is 91.6 Å². The van der Waals surface area contributed by atoms with Gasteiger partial charge in [-0.05, 0) is 226 Å². The van der Waals surface area contributed by atoms with Crippen molar-refractivity contribution in [2.75, 3.05) is 0 Å². The Morgan fingerprint density at radius 3 is 1.06 bits per heavy atom. The molecule has 2 atom stereocenters. The molecule has 5 aliphatic rings. The minimum absolute atomic E-state index is 0.0453. The topological polar surface area (TPSA) is 206 Å². The maximum atomic E-state index is 13.2. The number of benzene rings is 4. The van der Waals surface area contributed by atoms with Crippen LogP contribution in [-0.2, 0) is 57.6 Å². The van der Waals surface area contributed by atoms with E-state index in [0.29, 0.717) is 51.4 Å². The molecule has 3 heterocycles. The van der Waals surface area contributed by atoms with E-state index in [2.05, 4.69) is 36.0 Å². The molecule has 0 unspecified atom stereocenters. The lowest BCUT2D eigenvalue weighted by atomic mass is 9.49. The zero-order valence-electron chi connectivity index (χ0n) is 50.9. The number of carbonyl (C=O) groups excluding carboxylic acids is 2. The number of hydrogen-bond donors (Lipinski definition) is 4. The Bertz CT molecular complexity index is 3050. The number of hydrogen-bond acceptors (Lipinski definition) is 12. The molecular weight excluding hydrogens is 1180 g/mol. The molecule has 0 bridgehead atoms. The Morgan fingerprint density at radius 2 is 0.750 bits per heavy atom. The van der Waals surface area contributed by atoms with Gasteiger partial charge < -0.3 is 38.6 Å². The fourth-order valence-corrected chi connectivity index (χ4v) is 13.1.